The molecule has 0 saturated heterocycles. The summed E-state index contributed by atoms with van der Waals surface area (Å²) < 4.78 is 27.2. The SMILES string of the molecule is CCn1c(N)c2c(-c3ccccc3)cn(-c3ccc(S(N)(=O)=O)cc3)c2nc1=S. The predicted molar refractivity (Wildman–Crippen MR) is 117 cm³/mol. The van der Waals surface area contributed by atoms with Crippen LogP contribution in [0, 0.1) is 4.77 Å². The highest BCUT2D eigenvalue weighted by Gasteiger charge is 2.18. The Balaban J connectivity index is 2.04. The first-order chi connectivity index (χ1) is 13.8. The van der Waals surface area contributed by atoms with Crippen LogP contribution in [-0.2, 0) is 16.6 Å². The molecule has 0 aliphatic carbocycles. The average Bonchev–Trinajstić information content (AvgIpc) is 3.08. The first-order valence-electron chi connectivity index (χ1n) is 8.91. The molecule has 29 heavy (non-hydrogen) atoms. The Hall–Kier alpha value is -3.01. The summed E-state index contributed by atoms with van der Waals surface area (Å²) in [6, 6.07) is 16.1. The molecule has 0 radical (unpaired) electrons. The van der Waals surface area contributed by atoms with Gasteiger partial charge in [-0.25, -0.2) is 18.5 Å². The van der Waals surface area contributed by atoms with Crippen LogP contribution in [0.15, 0.2) is 65.7 Å². The molecular weight excluding hydrogens is 406 g/mol. The van der Waals surface area contributed by atoms with Crippen molar-refractivity contribution in [2.24, 2.45) is 5.14 Å². The standard InChI is InChI=1S/C20H19N5O2S2/c1-2-24-18(21)17-16(13-6-4-3-5-7-13)12-25(19(17)23-20(24)28)14-8-10-15(11-9-14)29(22,26)27/h3-12H,2,21H2,1H3,(H2,22,26,27). The van der Waals surface area contributed by atoms with E-state index >= 15 is 0 Å². The van der Waals surface area contributed by atoms with Gasteiger partial charge in [-0.3, -0.25) is 0 Å². The van der Waals surface area contributed by atoms with Crippen LogP contribution in [-0.4, -0.2) is 22.5 Å². The molecule has 0 bridgehead atoms. The second kappa shape index (κ2) is 7.11. The molecule has 0 saturated carbocycles. The van der Waals surface area contributed by atoms with Crippen molar-refractivity contribution in [2.45, 2.75) is 18.4 Å². The summed E-state index contributed by atoms with van der Waals surface area (Å²) >= 11 is 5.43. The van der Waals surface area contributed by atoms with Gasteiger partial charge in [-0.05, 0) is 49.0 Å². The molecule has 9 heteroatoms. The molecular formula is C20H19N5O2S2. The Morgan fingerprint density at radius 2 is 1.72 bits per heavy atom. The number of sulfonamides is 1. The summed E-state index contributed by atoms with van der Waals surface area (Å²) in [5, 5.41) is 6.00. The van der Waals surface area contributed by atoms with Crippen LogP contribution in [0.5, 0.6) is 0 Å². The fourth-order valence-corrected chi connectivity index (χ4v) is 4.21. The van der Waals surface area contributed by atoms with E-state index in [2.05, 4.69) is 4.98 Å². The summed E-state index contributed by atoms with van der Waals surface area (Å²) in [5.41, 5.74) is 9.73. The third-order valence-electron chi connectivity index (χ3n) is 4.80. The zero-order chi connectivity index (χ0) is 20.8. The molecule has 7 nitrogen and oxygen atoms in total. The fourth-order valence-electron chi connectivity index (χ4n) is 3.38. The highest BCUT2D eigenvalue weighted by molar-refractivity contribution is 7.89. The molecule has 4 aromatic rings. The highest BCUT2D eigenvalue weighted by atomic mass is 32.2. The summed E-state index contributed by atoms with van der Waals surface area (Å²) in [7, 11) is -3.77. The van der Waals surface area contributed by atoms with Crippen molar-refractivity contribution in [3.05, 3.63) is 65.6 Å². The molecule has 0 spiro atoms. The highest BCUT2D eigenvalue weighted by Crippen LogP contribution is 2.35. The Bertz CT molecular complexity index is 1370. The van der Waals surface area contributed by atoms with Gasteiger partial charge in [-0.15, -0.1) is 0 Å². The van der Waals surface area contributed by atoms with E-state index in [9.17, 15) is 8.42 Å². The maximum Gasteiger partial charge on any atom is 0.238 e. The predicted octanol–water partition coefficient (Wildman–Crippen LogP) is 3.47. The van der Waals surface area contributed by atoms with Crippen LogP contribution < -0.4 is 10.9 Å². The minimum absolute atomic E-state index is 0.0428. The minimum Gasteiger partial charge on any atom is -0.384 e. The smallest absolute Gasteiger partial charge is 0.238 e. The zero-order valence-electron chi connectivity index (χ0n) is 15.6. The first-order valence-corrected chi connectivity index (χ1v) is 10.9. The van der Waals surface area contributed by atoms with Crippen molar-refractivity contribution in [3.63, 3.8) is 0 Å². The van der Waals surface area contributed by atoms with Crippen molar-refractivity contribution in [3.8, 4) is 16.8 Å². The van der Waals surface area contributed by atoms with Gasteiger partial charge in [-0.2, -0.15) is 0 Å². The fraction of sp³-hybridized carbons (Fsp3) is 0.100. The number of benzene rings is 2. The van der Waals surface area contributed by atoms with Crippen LogP contribution in [0.4, 0.5) is 5.82 Å². The molecule has 0 unspecified atom stereocenters. The third kappa shape index (κ3) is 3.33. The van der Waals surface area contributed by atoms with E-state index < -0.39 is 10.0 Å². The summed E-state index contributed by atoms with van der Waals surface area (Å²) in [5.74, 6) is 0.543. The van der Waals surface area contributed by atoms with Gasteiger partial charge in [0.1, 0.15) is 5.82 Å². The van der Waals surface area contributed by atoms with Crippen LogP contribution in [0.25, 0.3) is 27.8 Å². The van der Waals surface area contributed by atoms with Crippen LogP contribution in [0.1, 0.15) is 6.92 Å². The minimum atomic E-state index is -3.77. The lowest BCUT2D eigenvalue weighted by Gasteiger charge is -2.11. The van der Waals surface area contributed by atoms with Gasteiger partial charge in [0.25, 0.3) is 0 Å². The number of anilines is 1. The molecule has 148 valence electrons. The third-order valence-corrected chi connectivity index (χ3v) is 6.04. The topological polar surface area (TPSA) is 109 Å². The van der Waals surface area contributed by atoms with E-state index in [-0.39, 0.29) is 4.90 Å². The monoisotopic (exact) mass is 425 g/mol. The first kappa shape index (κ1) is 19.3. The molecule has 4 rings (SSSR count). The number of nitrogen functional groups attached to an aromatic ring is 1. The van der Waals surface area contributed by atoms with Crippen LogP contribution >= 0.6 is 12.2 Å². The Morgan fingerprint density at radius 3 is 2.31 bits per heavy atom. The quantitative estimate of drug-likeness (QED) is 0.487. The van der Waals surface area contributed by atoms with E-state index in [1.54, 1.807) is 16.7 Å². The number of hydrogen-bond acceptors (Lipinski definition) is 5. The Labute approximate surface area is 173 Å². The molecule has 0 fully saturated rings. The number of aromatic nitrogens is 3. The van der Waals surface area contributed by atoms with Gasteiger partial charge < -0.3 is 14.9 Å². The second-order valence-corrected chi connectivity index (χ2v) is 8.47. The molecule has 2 aromatic carbocycles. The van der Waals surface area contributed by atoms with Crippen molar-refractivity contribution in [1.29, 1.82) is 0 Å². The largest absolute Gasteiger partial charge is 0.384 e. The Kier molecular flexibility index (Phi) is 4.73. The molecule has 0 amide bonds. The van der Waals surface area contributed by atoms with Crippen molar-refractivity contribution in [1.82, 2.24) is 14.1 Å². The van der Waals surface area contributed by atoms with Gasteiger partial charge in [-0.1, -0.05) is 30.3 Å². The molecule has 0 aliphatic rings. The summed E-state index contributed by atoms with van der Waals surface area (Å²) in [4.78, 5) is 4.66. The van der Waals surface area contributed by atoms with Gasteiger partial charge in [0.15, 0.2) is 5.65 Å². The zero-order valence-corrected chi connectivity index (χ0v) is 17.2. The van der Waals surface area contributed by atoms with Crippen LogP contribution in [0.3, 0.4) is 0 Å². The number of rotatable bonds is 4. The summed E-state index contributed by atoms with van der Waals surface area (Å²) in [6.07, 6.45) is 1.93. The number of hydrogen-bond donors (Lipinski definition) is 2. The van der Waals surface area contributed by atoms with Crippen LogP contribution in [0.2, 0.25) is 0 Å². The van der Waals surface area contributed by atoms with E-state index in [1.165, 1.54) is 12.1 Å². The van der Waals surface area contributed by atoms with Gasteiger partial charge >= 0.3 is 0 Å². The molecule has 4 N–H and O–H groups in total. The van der Waals surface area contributed by atoms with E-state index in [4.69, 9.17) is 23.1 Å². The maximum absolute atomic E-state index is 11.6. The molecule has 2 heterocycles. The van der Waals surface area contributed by atoms with Gasteiger partial charge in [0.05, 0.1) is 10.3 Å². The normalized spacial score (nSPS) is 11.8. The van der Waals surface area contributed by atoms with E-state index in [0.717, 1.165) is 22.2 Å². The van der Waals surface area contributed by atoms with Crippen molar-refractivity contribution < 1.29 is 8.42 Å². The lowest BCUT2D eigenvalue weighted by atomic mass is 10.1. The lowest BCUT2D eigenvalue weighted by molar-refractivity contribution is 0.598. The number of fused-ring (bicyclic) bond motifs is 1. The number of nitrogens with two attached hydrogens (primary N) is 2. The van der Waals surface area contributed by atoms with Gasteiger partial charge in [0, 0.05) is 24.0 Å². The Morgan fingerprint density at radius 1 is 1.07 bits per heavy atom. The molecule has 0 aliphatic heterocycles. The second-order valence-electron chi connectivity index (χ2n) is 6.54. The summed E-state index contributed by atoms with van der Waals surface area (Å²) in [6.45, 7) is 2.57. The van der Waals surface area contributed by atoms with Crippen molar-refractivity contribution >= 4 is 39.1 Å². The van der Waals surface area contributed by atoms with Crippen molar-refractivity contribution in [2.75, 3.05) is 5.73 Å². The molecule has 2 aromatic heterocycles. The number of primary sulfonamides is 1. The lowest BCUT2D eigenvalue weighted by Crippen LogP contribution is -2.12. The van der Waals surface area contributed by atoms with E-state index in [1.807, 2.05) is 48.0 Å². The maximum atomic E-state index is 11.6. The number of nitrogens with zero attached hydrogens (tertiary/aromatic N) is 3. The molecule has 0 atom stereocenters. The van der Waals surface area contributed by atoms with E-state index in [0.29, 0.717) is 22.8 Å². The van der Waals surface area contributed by atoms with Gasteiger partial charge in [0.2, 0.25) is 14.8 Å². The average molecular weight is 426 g/mol.